The topological polar surface area (TPSA) is 101 Å². The summed E-state index contributed by atoms with van der Waals surface area (Å²) >= 11 is 0. The number of benzene rings is 1. The molecule has 7 heteroatoms. The van der Waals surface area contributed by atoms with Crippen molar-refractivity contribution >= 4 is 5.97 Å². The Morgan fingerprint density at radius 2 is 2.10 bits per heavy atom. The molecular weight excluding hydrogens is 260 g/mol. The summed E-state index contributed by atoms with van der Waals surface area (Å²) < 4.78 is 10.1. The van der Waals surface area contributed by atoms with Gasteiger partial charge in [0.15, 0.2) is 12.3 Å². The molecule has 0 fully saturated rings. The standard InChI is InChI=1S/C13H12N4O3/c1-2-19-13(18)12-11(15-17-16-12)9-3-5-10(6-4-9)20-8-7-14/h3-6H,2,8H2,1H3,(H,15,16,17). The Kier molecular flexibility index (Phi) is 4.29. The molecule has 0 saturated heterocycles. The van der Waals surface area contributed by atoms with Crippen molar-refractivity contribution in [3.05, 3.63) is 30.0 Å². The molecule has 0 spiro atoms. The van der Waals surface area contributed by atoms with Crippen molar-refractivity contribution in [2.24, 2.45) is 0 Å². The Morgan fingerprint density at radius 3 is 2.75 bits per heavy atom. The van der Waals surface area contributed by atoms with Gasteiger partial charge in [-0.1, -0.05) is 0 Å². The lowest BCUT2D eigenvalue weighted by atomic mass is 10.1. The summed E-state index contributed by atoms with van der Waals surface area (Å²) in [6.45, 7) is 1.97. The van der Waals surface area contributed by atoms with Gasteiger partial charge in [-0.05, 0) is 31.2 Å². The first kappa shape index (κ1) is 13.5. The Bertz CT molecular complexity index is 628. The van der Waals surface area contributed by atoms with Crippen LogP contribution in [0, 0.1) is 11.3 Å². The second-order valence-corrected chi connectivity index (χ2v) is 3.71. The first-order valence-corrected chi connectivity index (χ1v) is 5.94. The summed E-state index contributed by atoms with van der Waals surface area (Å²) in [5.41, 5.74) is 1.25. The third kappa shape index (κ3) is 2.92. The van der Waals surface area contributed by atoms with Crippen LogP contribution in [0.3, 0.4) is 0 Å². The monoisotopic (exact) mass is 272 g/mol. The maximum atomic E-state index is 11.7. The predicted octanol–water partition coefficient (Wildman–Crippen LogP) is 1.55. The summed E-state index contributed by atoms with van der Waals surface area (Å²) in [5, 5.41) is 18.6. The van der Waals surface area contributed by atoms with Crippen molar-refractivity contribution in [2.75, 3.05) is 13.2 Å². The number of nitrogens with one attached hydrogen (secondary N) is 1. The van der Waals surface area contributed by atoms with Crippen LogP contribution in [0.5, 0.6) is 5.75 Å². The van der Waals surface area contributed by atoms with Gasteiger partial charge in [0.25, 0.3) is 0 Å². The molecule has 0 bridgehead atoms. The number of esters is 1. The lowest BCUT2D eigenvalue weighted by molar-refractivity contribution is 0.0520. The molecule has 0 atom stereocenters. The molecule has 2 rings (SSSR count). The van der Waals surface area contributed by atoms with Crippen molar-refractivity contribution in [2.45, 2.75) is 6.92 Å². The Balaban J connectivity index is 2.22. The Labute approximate surface area is 115 Å². The van der Waals surface area contributed by atoms with E-state index in [1.165, 1.54) is 0 Å². The zero-order valence-corrected chi connectivity index (χ0v) is 10.8. The minimum atomic E-state index is -0.527. The van der Waals surface area contributed by atoms with E-state index in [2.05, 4.69) is 15.4 Å². The van der Waals surface area contributed by atoms with Crippen LogP contribution in [-0.2, 0) is 4.74 Å². The van der Waals surface area contributed by atoms with E-state index in [4.69, 9.17) is 14.7 Å². The van der Waals surface area contributed by atoms with Gasteiger partial charge in [0.1, 0.15) is 17.5 Å². The van der Waals surface area contributed by atoms with E-state index in [0.29, 0.717) is 17.0 Å². The lowest BCUT2D eigenvalue weighted by Crippen LogP contribution is -2.06. The van der Waals surface area contributed by atoms with Crippen molar-refractivity contribution in [1.82, 2.24) is 15.4 Å². The second kappa shape index (κ2) is 6.33. The molecular formula is C13H12N4O3. The van der Waals surface area contributed by atoms with Crippen LogP contribution >= 0.6 is 0 Å². The number of aromatic amines is 1. The van der Waals surface area contributed by atoms with Crippen LogP contribution in [0.25, 0.3) is 11.3 Å². The molecule has 0 radical (unpaired) electrons. The Morgan fingerprint density at radius 1 is 1.35 bits per heavy atom. The van der Waals surface area contributed by atoms with Gasteiger partial charge in [-0.2, -0.15) is 15.6 Å². The number of carbonyl (C=O) groups is 1. The largest absolute Gasteiger partial charge is 0.479 e. The van der Waals surface area contributed by atoms with Crippen molar-refractivity contribution in [3.8, 4) is 23.1 Å². The quantitative estimate of drug-likeness (QED) is 0.829. The van der Waals surface area contributed by atoms with E-state index < -0.39 is 5.97 Å². The van der Waals surface area contributed by atoms with E-state index >= 15 is 0 Å². The van der Waals surface area contributed by atoms with Gasteiger partial charge in [0.2, 0.25) is 0 Å². The maximum Gasteiger partial charge on any atom is 0.361 e. The van der Waals surface area contributed by atoms with Gasteiger partial charge in [-0.3, -0.25) is 0 Å². The van der Waals surface area contributed by atoms with Gasteiger partial charge in [0.05, 0.1) is 6.61 Å². The molecule has 0 aliphatic carbocycles. The van der Waals surface area contributed by atoms with Crippen molar-refractivity contribution < 1.29 is 14.3 Å². The molecule has 1 N–H and O–H groups in total. The molecule has 0 unspecified atom stereocenters. The van der Waals surface area contributed by atoms with Gasteiger partial charge < -0.3 is 9.47 Å². The summed E-state index contributed by atoms with van der Waals surface area (Å²) in [5.74, 6) is 0.0394. The highest BCUT2D eigenvalue weighted by atomic mass is 16.5. The maximum absolute atomic E-state index is 11.7. The summed E-state index contributed by atoms with van der Waals surface area (Å²) in [6.07, 6.45) is 0. The Hall–Kier alpha value is -2.88. The number of ether oxygens (including phenoxy) is 2. The predicted molar refractivity (Wildman–Crippen MR) is 68.9 cm³/mol. The number of carbonyl (C=O) groups excluding carboxylic acids is 1. The fourth-order valence-electron chi connectivity index (χ4n) is 1.60. The molecule has 102 valence electrons. The summed E-state index contributed by atoms with van der Waals surface area (Å²) in [7, 11) is 0. The van der Waals surface area contributed by atoms with Gasteiger partial charge >= 0.3 is 5.97 Å². The smallest absolute Gasteiger partial charge is 0.361 e. The van der Waals surface area contributed by atoms with Crippen LogP contribution in [0.2, 0.25) is 0 Å². The van der Waals surface area contributed by atoms with Crippen LogP contribution < -0.4 is 4.74 Å². The molecule has 0 aliphatic heterocycles. The molecule has 20 heavy (non-hydrogen) atoms. The summed E-state index contributed by atoms with van der Waals surface area (Å²) in [4.78, 5) is 11.7. The SMILES string of the molecule is CCOC(=O)c1n[nH]nc1-c1ccc(OCC#N)cc1. The minimum Gasteiger partial charge on any atom is -0.479 e. The zero-order chi connectivity index (χ0) is 14.4. The van der Waals surface area contributed by atoms with E-state index in [1.54, 1.807) is 31.2 Å². The third-order valence-corrected chi connectivity index (χ3v) is 2.45. The zero-order valence-electron chi connectivity index (χ0n) is 10.8. The van der Waals surface area contributed by atoms with Gasteiger partial charge in [0, 0.05) is 5.56 Å². The molecule has 1 aromatic carbocycles. The molecule has 0 aliphatic rings. The van der Waals surface area contributed by atoms with E-state index in [1.807, 2.05) is 6.07 Å². The van der Waals surface area contributed by atoms with Crippen LogP contribution in [0.15, 0.2) is 24.3 Å². The van der Waals surface area contributed by atoms with E-state index in [0.717, 1.165) is 0 Å². The van der Waals surface area contributed by atoms with Crippen molar-refractivity contribution in [1.29, 1.82) is 5.26 Å². The van der Waals surface area contributed by atoms with Crippen LogP contribution in [-0.4, -0.2) is 34.6 Å². The van der Waals surface area contributed by atoms with Gasteiger partial charge in [-0.25, -0.2) is 4.79 Å². The minimum absolute atomic E-state index is 0.0165. The lowest BCUT2D eigenvalue weighted by Gasteiger charge is -2.03. The van der Waals surface area contributed by atoms with E-state index in [-0.39, 0.29) is 18.9 Å². The number of rotatable bonds is 5. The van der Waals surface area contributed by atoms with Crippen LogP contribution in [0.4, 0.5) is 0 Å². The third-order valence-electron chi connectivity index (χ3n) is 2.45. The number of hydrogen-bond acceptors (Lipinski definition) is 6. The molecule has 0 amide bonds. The average molecular weight is 272 g/mol. The second-order valence-electron chi connectivity index (χ2n) is 3.71. The van der Waals surface area contributed by atoms with Crippen molar-refractivity contribution in [3.63, 3.8) is 0 Å². The molecule has 1 heterocycles. The fraction of sp³-hybridized carbons (Fsp3) is 0.231. The number of hydrogen-bond donors (Lipinski definition) is 1. The molecule has 2 aromatic rings. The first-order chi connectivity index (χ1) is 9.76. The van der Waals surface area contributed by atoms with Gasteiger partial charge in [-0.15, -0.1) is 5.10 Å². The number of H-pyrrole nitrogens is 1. The highest BCUT2D eigenvalue weighted by Crippen LogP contribution is 2.23. The normalized spacial score (nSPS) is 9.80. The number of nitrogens with zero attached hydrogens (tertiary/aromatic N) is 3. The molecule has 1 aromatic heterocycles. The van der Waals surface area contributed by atoms with Crippen LogP contribution in [0.1, 0.15) is 17.4 Å². The number of aromatic nitrogens is 3. The molecule has 7 nitrogen and oxygen atoms in total. The summed E-state index contributed by atoms with van der Waals surface area (Å²) in [6, 6.07) is 8.73. The highest BCUT2D eigenvalue weighted by molar-refractivity contribution is 5.93. The fourth-order valence-corrected chi connectivity index (χ4v) is 1.60. The highest BCUT2D eigenvalue weighted by Gasteiger charge is 2.18. The molecule has 0 saturated carbocycles. The average Bonchev–Trinajstić information content (AvgIpc) is 2.95. The number of nitriles is 1. The van der Waals surface area contributed by atoms with E-state index in [9.17, 15) is 4.79 Å². The first-order valence-electron chi connectivity index (χ1n) is 5.94.